The SMILES string of the molecule is CCn1nc(-c2ccc(C)cc2)c2cccnc2c1=O. The summed E-state index contributed by atoms with van der Waals surface area (Å²) in [6.45, 7) is 4.48. The Kier molecular flexibility index (Phi) is 3.06. The fourth-order valence-corrected chi connectivity index (χ4v) is 2.25. The van der Waals surface area contributed by atoms with E-state index >= 15 is 0 Å². The van der Waals surface area contributed by atoms with Gasteiger partial charge in [-0.1, -0.05) is 29.8 Å². The monoisotopic (exact) mass is 265 g/mol. The van der Waals surface area contributed by atoms with Crippen LogP contribution < -0.4 is 5.56 Å². The maximum atomic E-state index is 12.2. The highest BCUT2D eigenvalue weighted by Gasteiger charge is 2.11. The van der Waals surface area contributed by atoms with Crippen LogP contribution in [0.15, 0.2) is 47.4 Å². The van der Waals surface area contributed by atoms with E-state index < -0.39 is 0 Å². The Morgan fingerprint density at radius 3 is 2.60 bits per heavy atom. The molecular formula is C16H15N3O. The molecule has 0 radical (unpaired) electrons. The number of rotatable bonds is 2. The van der Waals surface area contributed by atoms with Crippen molar-refractivity contribution in [2.45, 2.75) is 20.4 Å². The first-order valence-electron chi connectivity index (χ1n) is 6.63. The molecule has 0 spiro atoms. The summed E-state index contributed by atoms with van der Waals surface area (Å²) < 4.78 is 1.46. The van der Waals surface area contributed by atoms with Crippen LogP contribution in [-0.4, -0.2) is 14.8 Å². The van der Waals surface area contributed by atoms with E-state index in [9.17, 15) is 4.79 Å². The van der Waals surface area contributed by atoms with E-state index in [0.717, 1.165) is 16.6 Å². The summed E-state index contributed by atoms with van der Waals surface area (Å²) in [5.41, 5.74) is 3.32. The predicted octanol–water partition coefficient (Wildman–Crippen LogP) is 2.79. The highest BCUT2D eigenvalue weighted by atomic mass is 16.1. The van der Waals surface area contributed by atoms with Gasteiger partial charge in [-0.05, 0) is 26.0 Å². The van der Waals surface area contributed by atoms with Crippen molar-refractivity contribution in [2.24, 2.45) is 0 Å². The lowest BCUT2D eigenvalue weighted by molar-refractivity contribution is 0.625. The van der Waals surface area contributed by atoms with E-state index in [1.54, 1.807) is 6.20 Å². The van der Waals surface area contributed by atoms with E-state index in [4.69, 9.17) is 0 Å². The third-order valence-electron chi connectivity index (χ3n) is 3.35. The molecule has 4 nitrogen and oxygen atoms in total. The number of hydrogen-bond acceptors (Lipinski definition) is 3. The maximum Gasteiger partial charge on any atom is 0.293 e. The fraction of sp³-hybridized carbons (Fsp3) is 0.188. The molecule has 0 aliphatic heterocycles. The molecule has 0 aliphatic carbocycles. The maximum absolute atomic E-state index is 12.2. The predicted molar refractivity (Wildman–Crippen MR) is 79.6 cm³/mol. The highest BCUT2D eigenvalue weighted by molar-refractivity contribution is 5.91. The van der Waals surface area contributed by atoms with Crippen molar-refractivity contribution in [3.8, 4) is 11.3 Å². The van der Waals surface area contributed by atoms with Gasteiger partial charge in [-0.25, -0.2) is 4.68 Å². The molecule has 20 heavy (non-hydrogen) atoms. The van der Waals surface area contributed by atoms with Gasteiger partial charge in [0.05, 0.1) is 0 Å². The largest absolute Gasteiger partial charge is 0.293 e. The minimum Gasteiger partial charge on any atom is -0.265 e. The third-order valence-corrected chi connectivity index (χ3v) is 3.35. The minimum absolute atomic E-state index is 0.140. The Hall–Kier alpha value is -2.49. The lowest BCUT2D eigenvalue weighted by Gasteiger charge is -2.09. The number of pyridine rings is 1. The van der Waals surface area contributed by atoms with Gasteiger partial charge >= 0.3 is 0 Å². The average Bonchev–Trinajstić information content (AvgIpc) is 2.49. The molecule has 0 bridgehead atoms. The molecule has 3 rings (SSSR count). The molecular weight excluding hydrogens is 250 g/mol. The van der Waals surface area contributed by atoms with E-state index in [1.807, 2.05) is 50.2 Å². The first kappa shape index (κ1) is 12.5. The van der Waals surface area contributed by atoms with E-state index in [2.05, 4.69) is 10.1 Å². The van der Waals surface area contributed by atoms with Gasteiger partial charge < -0.3 is 0 Å². The Morgan fingerprint density at radius 1 is 1.15 bits per heavy atom. The standard InChI is InChI=1S/C16H15N3O/c1-3-19-16(20)15-13(5-4-10-17-15)14(18-19)12-8-6-11(2)7-9-12/h4-10H,3H2,1-2H3. The molecule has 2 aromatic heterocycles. The Labute approximate surface area is 116 Å². The van der Waals surface area contributed by atoms with Crippen molar-refractivity contribution in [2.75, 3.05) is 0 Å². The molecule has 0 aliphatic rings. The van der Waals surface area contributed by atoms with Gasteiger partial charge in [-0.15, -0.1) is 0 Å². The molecule has 0 saturated heterocycles. The lowest BCUT2D eigenvalue weighted by Crippen LogP contribution is -2.23. The van der Waals surface area contributed by atoms with Crippen LogP contribution in [0.5, 0.6) is 0 Å². The van der Waals surface area contributed by atoms with Crippen molar-refractivity contribution >= 4 is 10.9 Å². The average molecular weight is 265 g/mol. The van der Waals surface area contributed by atoms with Gasteiger partial charge in [0.15, 0.2) is 0 Å². The Morgan fingerprint density at radius 2 is 1.90 bits per heavy atom. The van der Waals surface area contributed by atoms with Crippen molar-refractivity contribution in [3.63, 3.8) is 0 Å². The molecule has 0 amide bonds. The number of nitrogens with zero attached hydrogens (tertiary/aromatic N) is 3. The summed E-state index contributed by atoms with van der Waals surface area (Å²) in [5, 5.41) is 5.28. The van der Waals surface area contributed by atoms with E-state index in [0.29, 0.717) is 12.1 Å². The van der Waals surface area contributed by atoms with Gasteiger partial charge in [0.25, 0.3) is 5.56 Å². The van der Waals surface area contributed by atoms with Crippen LogP contribution in [-0.2, 0) is 6.54 Å². The molecule has 4 heteroatoms. The number of benzene rings is 1. The minimum atomic E-state index is -0.140. The van der Waals surface area contributed by atoms with Crippen molar-refractivity contribution in [1.29, 1.82) is 0 Å². The van der Waals surface area contributed by atoms with Crippen LogP contribution in [0.2, 0.25) is 0 Å². The van der Waals surface area contributed by atoms with Crippen LogP contribution in [0.25, 0.3) is 22.2 Å². The van der Waals surface area contributed by atoms with E-state index in [-0.39, 0.29) is 5.56 Å². The zero-order valence-corrected chi connectivity index (χ0v) is 11.5. The van der Waals surface area contributed by atoms with Crippen LogP contribution in [0.1, 0.15) is 12.5 Å². The van der Waals surface area contributed by atoms with E-state index in [1.165, 1.54) is 10.2 Å². The quantitative estimate of drug-likeness (QED) is 0.716. The van der Waals surface area contributed by atoms with Crippen LogP contribution in [0.4, 0.5) is 0 Å². The lowest BCUT2D eigenvalue weighted by atomic mass is 10.1. The zero-order chi connectivity index (χ0) is 14.1. The molecule has 2 heterocycles. The molecule has 0 saturated carbocycles. The van der Waals surface area contributed by atoms with Gasteiger partial charge in [-0.3, -0.25) is 9.78 Å². The highest BCUT2D eigenvalue weighted by Crippen LogP contribution is 2.23. The smallest absolute Gasteiger partial charge is 0.265 e. The van der Waals surface area contributed by atoms with Crippen LogP contribution in [0, 0.1) is 6.92 Å². The van der Waals surface area contributed by atoms with Crippen molar-refractivity contribution < 1.29 is 0 Å². The van der Waals surface area contributed by atoms with Crippen molar-refractivity contribution in [1.82, 2.24) is 14.8 Å². The molecule has 100 valence electrons. The summed E-state index contributed by atoms with van der Waals surface area (Å²) in [6.07, 6.45) is 1.64. The molecule has 0 fully saturated rings. The topological polar surface area (TPSA) is 47.8 Å². The number of fused-ring (bicyclic) bond motifs is 1. The van der Waals surface area contributed by atoms with Gasteiger partial charge in [-0.2, -0.15) is 5.10 Å². The van der Waals surface area contributed by atoms with Gasteiger partial charge in [0.1, 0.15) is 11.2 Å². The van der Waals surface area contributed by atoms with Crippen LogP contribution >= 0.6 is 0 Å². The molecule has 3 aromatic rings. The van der Waals surface area contributed by atoms with Crippen LogP contribution in [0.3, 0.4) is 0 Å². The van der Waals surface area contributed by atoms with Gasteiger partial charge in [0.2, 0.25) is 0 Å². The van der Waals surface area contributed by atoms with Gasteiger partial charge in [0, 0.05) is 23.7 Å². The Bertz CT molecular complexity index is 819. The molecule has 0 atom stereocenters. The first-order chi connectivity index (χ1) is 9.70. The Balaban J connectivity index is 2.37. The second-order valence-corrected chi connectivity index (χ2v) is 4.74. The zero-order valence-electron chi connectivity index (χ0n) is 11.5. The summed E-state index contributed by atoms with van der Waals surface area (Å²) in [5.74, 6) is 0. The summed E-state index contributed by atoms with van der Waals surface area (Å²) in [6, 6.07) is 11.9. The normalized spacial score (nSPS) is 10.9. The third kappa shape index (κ3) is 1.99. The first-order valence-corrected chi connectivity index (χ1v) is 6.63. The summed E-state index contributed by atoms with van der Waals surface area (Å²) >= 11 is 0. The fourth-order valence-electron chi connectivity index (χ4n) is 2.25. The summed E-state index contributed by atoms with van der Waals surface area (Å²) in [7, 11) is 0. The number of aromatic nitrogens is 3. The number of aryl methyl sites for hydroxylation is 2. The second-order valence-electron chi connectivity index (χ2n) is 4.74. The molecule has 0 unspecified atom stereocenters. The van der Waals surface area contributed by atoms with Crippen molar-refractivity contribution in [3.05, 3.63) is 58.5 Å². The number of hydrogen-bond donors (Lipinski definition) is 0. The second kappa shape index (κ2) is 4.89. The molecule has 1 aromatic carbocycles. The summed E-state index contributed by atoms with van der Waals surface area (Å²) in [4.78, 5) is 16.5. The molecule has 0 N–H and O–H groups in total.